The molecule has 0 N–H and O–H groups in total. The standard InChI is InChI=1S/C83H84BN3/c1-78(2,3)61-37-33-56(34-38-61)59-36-41-72-68(46-59)82(11)43-22-23-44-83(82,12)87(72)64-49-75-77-76(50-64)86(71-42-39-62(79(4,5)6)48-65(71)57-29-20-15-21-30-57)74-52-67-66(80(7,8)53-81(67,9)10)51-70(74)84(77)69-40-35-60(55-27-18-14-19-28-55)47-73(69)85(75)63-32-24-31-58(45-63)54-25-16-13-17-26-54/h13-21,24-27,29-42,45-52,55H,22-23,28,43-44,53H2,1-12H3. The Kier molecular flexibility index (Phi) is 12.6. The Labute approximate surface area is 519 Å². The van der Waals surface area contributed by atoms with E-state index in [4.69, 9.17) is 0 Å². The van der Waals surface area contributed by atoms with Crippen LogP contribution in [0.15, 0.2) is 212 Å². The highest BCUT2D eigenvalue weighted by molar-refractivity contribution is 7.00. The molecule has 6 aliphatic rings. The number of rotatable bonds is 7. The third-order valence-corrected chi connectivity index (χ3v) is 21.8. The third kappa shape index (κ3) is 8.72. The Balaban J connectivity index is 1.07. The quantitative estimate of drug-likeness (QED) is 0.147. The van der Waals surface area contributed by atoms with Crippen molar-refractivity contribution in [2.45, 2.75) is 160 Å². The van der Waals surface area contributed by atoms with E-state index in [1.54, 1.807) is 0 Å². The summed E-state index contributed by atoms with van der Waals surface area (Å²) >= 11 is 0. The van der Waals surface area contributed by atoms with E-state index < -0.39 is 0 Å². The summed E-state index contributed by atoms with van der Waals surface area (Å²) in [5.41, 5.74) is 29.6. The minimum Gasteiger partial charge on any atom is -0.334 e. The first kappa shape index (κ1) is 55.5. The normalized spacial score (nSPS) is 21.0. The lowest BCUT2D eigenvalue weighted by atomic mass is 9.33. The maximum Gasteiger partial charge on any atom is 0.252 e. The van der Waals surface area contributed by atoms with Gasteiger partial charge in [-0.15, -0.1) is 0 Å². The summed E-state index contributed by atoms with van der Waals surface area (Å²) in [5, 5.41) is 0. The van der Waals surface area contributed by atoms with Gasteiger partial charge < -0.3 is 14.7 Å². The van der Waals surface area contributed by atoms with Crippen molar-refractivity contribution in [1.29, 1.82) is 0 Å². The van der Waals surface area contributed by atoms with Crippen molar-refractivity contribution in [3.63, 3.8) is 0 Å². The molecule has 9 aromatic carbocycles. The molecule has 0 saturated heterocycles. The Hall–Kier alpha value is -8.08. The Morgan fingerprint density at radius 1 is 0.437 bits per heavy atom. The Morgan fingerprint density at radius 3 is 1.75 bits per heavy atom. The van der Waals surface area contributed by atoms with Crippen molar-refractivity contribution in [3.8, 4) is 33.4 Å². The van der Waals surface area contributed by atoms with E-state index in [9.17, 15) is 0 Å². The fourth-order valence-electron chi connectivity index (χ4n) is 17.2. The maximum absolute atomic E-state index is 2.85. The zero-order chi connectivity index (χ0) is 60.2. The van der Waals surface area contributed by atoms with Crippen molar-refractivity contribution >= 4 is 68.6 Å². The van der Waals surface area contributed by atoms with Gasteiger partial charge in [0.2, 0.25) is 0 Å². The molecule has 15 rings (SSSR count). The van der Waals surface area contributed by atoms with Crippen molar-refractivity contribution in [2.75, 3.05) is 14.7 Å². The summed E-state index contributed by atoms with van der Waals surface area (Å²) in [6, 6.07) is 74.2. The second-order valence-corrected chi connectivity index (χ2v) is 30.3. The van der Waals surface area contributed by atoms with E-state index in [0.29, 0.717) is 0 Å². The van der Waals surface area contributed by atoms with Crippen LogP contribution in [0.3, 0.4) is 0 Å². The molecule has 3 nitrogen and oxygen atoms in total. The number of hydrogen-bond acceptors (Lipinski definition) is 3. The van der Waals surface area contributed by atoms with Crippen LogP contribution in [0.5, 0.6) is 0 Å². The van der Waals surface area contributed by atoms with Crippen LogP contribution in [0.1, 0.15) is 161 Å². The lowest BCUT2D eigenvalue weighted by Crippen LogP contribution is -2.62. The SMILES string of the molecule is CC(C)(C)c1ccc(-c2ccc3c(c2)C2(C)CCCCC2(C)N3c2cc3c4c(c2)N(c2ccc(C(C)(C)C)cc2-c2ccccc2)c2cc5c(cc2B4c2ccc(C4C=CC=CC4)cc2N3c2cccc(-c3ccccc3)c2)C(C)(C)CC5(C)C)cc1. The minimum atomic E-state index is -0.224. The summed E-state index contributed by atoms with van der Waals surface area (Å²) in [6.45, 7) is 29.1. The van der Waals surface area contributed by atoms with Gasteiger partial charge in [-0.05, 0) is 193 Å². The molecular weight excluding hydrogens is 1050 g/mol. The van der Waals surface area contributed by atoms with Gasteiger partial charge in [0.15, 0.2) is 0 Å². The largest absolute Gasteiger partial charge is 0.334 e. The lowest BCUT2D eigenvalue weighted by Gasteiger charge is -2.51. The molecule has 0 bridgehead atoms. The number of nitrogens with zero attached hydrogens (tertiary/aromatic N) is 3. The van der Waals surface area contributed by atoms with Crippen LogP contribution in [0.2, 0.25) is 0 Å². The molecule has 3 aliphatic carbocycles. The molecule has 0 amide bonds. The second-order valence-electron chi connectivity index (χ2n) is 30.3. The highest BCUT2D eigenvalue weighted by Crippen LogP contribution is 2.63. The molecule has 0 radical (unpaired) electrons. The van der Waals surface area contributed by atoms with Crippen molar-refractivity contribution in [2.24, 2.45) is 0 Å². The molecule has 1 fully saturated rings. The smallest absolute Gasteiger partial charge is 0.252 e. The van der Waals surface area contributed by atoms with Gasteiger partial charge in [-0.2, -0.15) is 0 Å². The van der Waals surface area contributed by atoms with E-state index in [1.165, 1.54) is 136 Å². The average Bonchev–Trinajstić information content (AvgIpc) is 1.68. The van der Waals surface area contributed by atoms with E-state index >= 15 is 0 Å². The minimum absolute atomic E-state index is 0.0116. The van der Waals surface area contributed by atoms with Gasteiger partial charge in [0.05, 0.1) is 11.2 Å². The molecule has 3 unspecified atom stereocenters. The van der Waals surface area contributed by atoms with Crippen LogP contribution in [-0.2, 0) is 27.1 Å². The van der Waals surface area contributed by atoms with Crippen molar-refractivity contribution in [1.82, 2.24) is 0 Å². The zero-order valence-corrected chi connectivity index (χ0v) is 53.4. The monoisotopic (exact) mass is 1130 g/mol. The molecule has 1 saturated carbocycles. The number of hydrogen-bond donors (Lipinski definition) is 0. The molecule has 87 heavy (non-hydrogen) atoms. The Bertz CT molecular complexity index is 4300. The van der Waals surface area contributed by atoms with Gasteiger partial charge in [0.1, 0.15) is 0 Å². The van der Waals surface area contributed by atoms with E-state index in [-0.39, 0.29) is 45.2 Å². The maximum atomic E-state index is 2.85. The van der Waals surface area contributed by atoms with Crippen molar-refractivity contribution in [3.05, 3.63) is 246 Å². The molecule has 0 aromatic heterocycles. The Morgan fingerprint density at radius 2 is 1.05 bits per heavy atom. The lowest BCUT2D eigenvalue weighted by molar-refractivity contribution is 0.195. The fraction of sp³-hybridized carbons (Fsp3) is 0.301. The molecule has 9 aromatic rings. The number of anilines is 8. The first-order chi connectivity index (χ1) is 41.6. The van der Waals surface area contributed by atoms with Gasteiger partial charge in [-0.3, -0.25) is 0 Å². The van der Waals surface area contributed by atoms with E-state index in [0.717, 1.165) is 31.4 Å². The van der Waals surface area contributed by atoms with E-state index in [2.05, 4.69) is 310 Å². The molecule has 3 aliphatic heterocycles. The van der Waals surface area contributed by atoms with Gasteiger partial charge >= 0.3 is 0 Å². The summed E-state index contributed by atoms with van der Waals surface area (Å²) in [5.74, 6) is 0.278. The molecule has 3 atom stereocenters. The number of allylic oxidation sites excluding steroid dienone is 4. The zero-order valence-electron chi connectivity index (χ0n) is 53.4. The van der Waals surface area contributed by atoms with E-state index in [1.807, 2.05) is 0 Å². The van der Waals surface area contributed by atoms with Gasteiger partial charge in [0, 0.05) is 56.7 Å². The van der Waals surface area contributed by atoms with Crippen LogP contribution in [0, 0.1) is 0 Å². The van der Waals surface area contributed by atoms with Gasteiger partial charge in [-0.1, -0.05) is 241 Å². The molecule has 3 heterocycles. The topological polar surface area (TPSA) is 9.72 Å². The fourth-order valence-corrected chi connectivity index (χ4v) is 17.2. The van der Waals surface area contributed by atoms with Crippen molar-refractivity contribution < 1.29 is 0 Å². The summed E-state index contributed by atoms with van der Waals surface area (Å²) in [7, 11) is 0. The summed E-state index contributed by atoms with van der Waals surface area (Å²) < 4.78 is 0. The second kappa shape index (κ2) is 19.7. The molecule has 4 heteroatoms. The first-order valence-electron chi connectivity index (χ1n) is 32.5. The molecule has 0 spiro atoms. The van der Waals surface area contributed by atoms with Crippen LogP contribution in [0.4, 0.5) is 45.5 Å². The average molecular weight is 1130 g/mol. The number of benzene rings is 9. The highest BCUT2D eigenvalue weighted by Gasteiger charge is 2.58. The van der Waals surface area contributed by atoms with Crippen LogP contribution in [-0.4, -0.2) is 12.3 Å². The highest BCUT2D eigenvalue weighted by atomic mass is 15.3. The van der Waals surface area contributed by atoms with Crippen LogP contribution in [0.25, 0.3) is 33.4 Å². The van der Waals surface area contributed by atoms with Gasteiger partial charge in [0.25, 0.3) is 6.71 Å². The molecular formula is C83H84BN3. The summed E-state index contributed by atoms with van der Waals surface area (Å²) in [4.78, 5) is 8.30. The third-order valence-electron chi connectivity index (χ3n) is 21.8. The summed E-state index contributed by atoms with van der Waals surface area (Å²) in [6.07, 6.45) is 15.9. The first-order valence-corrected chi connectivity index (χ1v) is 32.5. The predicted octanol–water partition coefficient (Wildman–Crippen LogP) is 20.7. The van der Waals surface area contributed by atoms with Crippen LogP contribution < -0.4 is 31.1 Å². The van der Waals surface area contributed by atoms with Gasteiger partial charge in [-0.25, -0.2) is 0 Å². The number of fused-ring (bicyclic) bond motifs is 8. The molecule has 434 valence electrons. The van der Waals surface area contributed by atoms with Crippen LogP contribution >= 0.6 is 0 Å². The predicted molar refractivity (Wildman–Crippen MR) is 373 cm³/mol.